The van der Waals surface area contributed by atoms with Gasteiger partial charge in [0.25, 0.3) is 5.91 Å². The largest absolute Gasteiger partial charge is 0.381 e. The summed E-state index contributed by atoms with van der Waals surface area (Å²) in [5, 5.41) is 3.11. The van der Waals surface area contributed by atoms with Gasteiger partial charge in [-0.05, 0) is 64.0 Å². The lowest BCUT2D eigenvalue weighted by molar-refractivity contribution is 0.0556. The second-order valence-corrected chi connectivity index (χ2v) is 10.6. The van der Waals surface area contributed by atoms with Gasteiger partial charge in [0.15, 0.2) is 5.82 Å². The van der Waals surface area contributed by atoms with Gasteiger partial charge in [-0.3, -0.25) is 14.7 Å². The molecule has 2 aromatic heterocycles. The molecule has 2 fully saturated rings. The predicted octanol–water partition coefficient (Wildman–Crippen LogP) is 4.17. The van der Waals surface area contributed by atoms with E-state index in [2.05, 4.69) is 44.0 Å². The molecule has 0 saturated carbocycles. The number of carbonyl (C=O) groups is 1. The molecule has 9 nitrogen and oxygen atoms in total. The van der Waals surface area contributed by atoms with Crippen LogP contribution in [0.3, 0.4) is 0 Å². The number of amides is 1. The molecule has 3 aliphatic rings. The van der Waals surface area contributed by atoms with Crippen molar-refractivity contribution in [2.45, 2.75) is 46.1 Å². The molecule has 1 N–H and O–H groups in total. The molecule has 38 heavy (non-hydrogen) atoms. The Morgan fingerprint density at radius 3 is 2.55 bits per heavy atom. The van der Waals surface area contributed by atoms with E-state index in [1.165, 1.54) is 6.20 Å². The van der Waals surface area contributed by atoms with E-state index < -0.39 is 5.82 Å². The Hall–Kier alpha value is -3.24. The summed E-state index contributed by atoms with van der Waals surface area (Å²) >= 11 is 0. The Morgan fingerprint density at radius 1 is 1.11 bits per heavy atom. The highest BCUT2D eigenvalue weighted by molar-refractivity contribution is 5.92. The summed E-state index contributed by atoms with van der Waals surface area (Å²) in [6, 6.07) is 3.95. The first kappa shape index (κ1) is 26.4. The monoisotopic (exact) mass is 521 g/mol. The number of piperazine rings is 1. The SMILES string of the molecule is CC1=NC=C(c2nc(Nc3ccc(C(=O)N4CCN(C(C)C)CC4)nc3)ncc2F)C(C2CCOCC2)C1. The number of halogens is 1. The lowest BCUT2D eigenvalue weighted by Crippen LogP contribution is -2.50. The summed E-state index contributed by atoms with van der Waals surface area (Å²) in [6.07, 6.45) is 7.21. The molecule has 5 heterocycles. The fraction of sp³-hybridized carbons (Fsp3) is 0.536. The number of ether oxygens (including phenoxy) is 1. The van der Waals surface area contributed by atoms with E-state index in [1.807, 2.05) is 11.8 Å². The van der Waals surface area contributed by atoms with Gasteiger partial charge < -0.3 is 15.0 Å². The van der Waals surface area contributed by atoms with Crippen LogP contribution in [-0.4, -0.2) is 81.8 Å². The van der Waals surface area contributed by atoms with E-state index in [0.717, 1.165) is 56.9 Å². The average molecular weight is 522 g/mol. The summed E-state index contributed by atoms with van der Waals surface area (Å²) in [5.41, 5.74) is 3.14. The number of hydrogen-bond acceptors (Lipinski definition) is 8. The number of anilines is 2. The van der Waals surface area contributed by atoms with Crippen molar-refractivity contribution in [3.8, 4) is 0 Å². The minimum Gasteiger partial charge on any atom is -0.381 e. The first-order valence-electron chi connectivity index (χ1n) is 13.5. The topological polar surface area (TPSA) is 95.8 Å². The van der Waals surface area contributed by atoms with Crippen LogP contribution in [0, 0.1) is 17.7 Å². The van der Waals surface area contributed by atoms with Crippen molar-refractivity contribution in [1.29, 1.82) is 0 Å². The van der Waals surface area contributed by atoms with Crippen LogP contribution in [0.15, 0.2) is 35.7 Å². The van der Waals surface area contributed by atoms with Crippen LogP contribution in [0.5, 0.6) is 0 Å². The maximum Gasteiger partial charge on any atom is 0.272 e. The highest BCUT2D eigenvalue weighted by atomic mass is 19.1. The van der Waals surface area contributed by atoms with Gasteiger partial charge in [0.1, 0.15) is 11.4 Å². The van der Waals surface area contributed by atoms with E-state index in [9.17, 15) is 9.18 Å². The van der Waals surface area contributed by atoms with Gasteiger partial charge in [-0.2, -0.15) is 0 Å². The zero-order valence-corrected chi connectivity index (χ0v) is 22.4. The number of aromatic nitrogens is 3. The van der Waals surface area contributed by atoms with Crippen molar-refractivity contribution < 1.29 is 13.9 Å². The van der Waals surface area contributed by atoms with Gasteiger partial charge >= 0.3 is 0 Å². The Morgan fingerprint density at radius 2 is 1.87 bits per heavy atom. The molecule has 1 atom stereocenters. The van der Waals surface area contributed by atoms with Crippen LogP contribution < -0.4 is 5.32 Å². The van der Waals surface area contributed by atoms with Crippen molar-refractivity contribution in [1.82, 2.24) is 24.8 Å². The Kier molecular flexibility index (Phi) is 8.09. The summed E-state index contributed by atoms with van der Waals surface area (Å²) in [5.74, 6) is 0.270. The summed E-state index contributed by atoms with van der Waals surface area (Å²) < 4.78 is 20.5. The van der Waals surface area contributed by atoms with Crippen molar-refractivity contribution in [2.24, 2.45) is 16.8 Å². The molecule has 5 rings (SSSR count). The number of aliphatic imine (C=N–C) groups is 1. The fourth-order valence-corrected chi connectivity index (χ4v) is 5.49. The Balaban J connectivity index is 1.29. The highest BCUT2D eigenvalue weighted by Crippen LogP contribution is 2.39. The van der Waals surface area contributed by atoms with E-state index in [-0.39, 0.29) is 23.5 Å². The summed E-state index contributed by atoms with van der Waals surface area (Å²) in [7, 11) is 0. The molecule has 1 amide bonds. The zero-order valence-electron chi connectivity index (χ0n) is 22.4. The molecule has 0 spiro atoms. The van der Waals surface area contributed by atoms with Crippen molar-refractivity contribution in [2.75, 3.05) is 44.7 Å². The second kappa shape index (κ2) is 11.7. The fourth-order valence-electron chi connectivity index (χ4n) is 5.49. The molecular weight excluding hydrogens is 485 g/mol. The van der Waals surface area contributed by atoms with Crippen LogP contribution in [0.4, 0.5) is 16.0 Å². The Bertz CT molecular complexity index is 1200. The van der Waals surface area contributed by atoms with Crippen LogP contribution in [0.2, 0.25) is 0 Å². The third-order valence-electron chi connectivity index (χ3n) is 7.76. The van der Waals surface area contributed by atoms with Gasteiger partial charge in [0.2, 0.25) is 5.95 Å². The molecule has 0 aliphatic carbocycles. The zero-order chi connectivity index (χ0) is 26.6. The molecule has 2 aromatic rings. The number of pyridine rings is 1. The van der Waals surface area contributed by atoms with Crippen LogP contribution in [0.25, 0.3) is 5.57 Å². The molecule has 0 radical (unpaired) electrons. The smallest absolute Gasteiger partial charge is 0.272 e. The third kappa shape index (κ3) is 5.91. The van der Waals surface area contributed by atoms with Gasteiger partial charge in [-0.1, -0.05) is 0 Å². The van der Waals surface area contributed by atoms with Gasteiger partial charge in [-0.15, -0.1) is 0 Å². The average Bonchev–Trinajstić information content (AvgIpc) is 2.95. The van der Waals surface area contributed by atoms with Crippen molar-refractivity contribution in [3.63, 3.8) is 0 Å². The molecule has 0 aromatic carbocycles. The van der Waals surface area contributed by atoms with E-state index in [4.69, 9.17) is 4.74 Å². The van der Waals surface area contributed by atoms with Gasteiger partial charge in [0, 0.05) is 62.9 Å². The van der Waals surface area contributed by atoms with Crippen LogP contribution in [-0.2, 0) is 4.74 Å². The maximum atomic E-state index is 15.0. The van der Waals surface area contributed by atoms with E-state index in [0.29, 0.717) is 36.4 Å². The van der Waals surface area contributed by atoms with E-state index >= 15 is 0 Å². The number of allylic oxidation sites excluding steroid dienone is 1. The predicted molar refractivity (Wildman–Crippen MR) is 145 cm³/mol. The first-order valence-corrected chi connectivity index (χ1v) is 13.5. The minimum absolute atomic E-state index is 0.0699. The van der Waals surface area contributed by atoms with Crippen LogP contribution >= 0.6 is 0 Å². The van der Waals surface area contributed by atoms with Crippen molar-refractivity contribution in [3.05, 3.63) is 47.9 Å². The number of hydrogen-bond donors (Lipinski definition) is 1. The van der Waals surface area contributed by atoms with E-state index in [1.54, 1.807) is 24.5 Å². The molecule has 10 heteroatoms. The molecular formula is C28H36FN7O2. The summed E-state index contributed by atoms with van der Waals surface area (Å²) in [6.45, 7) is 10.9. The number of nitrogens with one attached hydrogen (secondary N) is 1. The lowest BCUT2D eigenvalue weighted by Gasteiger charge is -2.36. The lowest BCUT2D eigenvalue weighted by atomic mass is 9.76. The third-order valence-corrected chi connectivity index (χ3v) is 7.76. The quantitative estimate of drug-likeness (QED) is 0.610. The minimum atomic E-state index is -0.467. The number of carbonyl (C=O) groups excluding carboxylic acids is 1. The second-order valence-electron chi connectivity index (χ2n) is 10.6. The van der Waals surface area contributed by atoms with Crippen LogP contribution in [0.1, 0.15) is 56.2 Å². The van der Waals surface area contributed by atoms with Gasteiger partial charge in [-0.25, -0.2) is 19.3 Å². The number of nitrogens with zero attached hydrogens (tertiary/aromatic N) is 6. The first-order chi connectivity index (χ1) is 18.4. The number of rotatable bonds is 6. The standard InChI is InChI=1S/C28H36FN7O2/c1-18(2)35-8-10-36(11-9-35)27(37)25-5-4-21(15-31-25)33-28-32-17-24(29)26(34-28)23-16-30-19(3)14-22(23)20-6-12-38-13-7-20/h4-5,15-18,20,22H,6-14H2,1-3H3,(H,32,33,34). The Labute approximate surface area is 223 Å². The molecule has 1 unspecified atom stereocenters. The van der Waals surface area contributed by atoms with Gasteiger partial charge in [0.05, 0.1) is 18.1 Å². The molecule has 202 valence electrons. The maximum absolute atomic E-state index is 15.0. The molecule has 2 saturated heterocycles. The normalized spacial score (nSPS) is 21.3. The highest BCUT2D eigenvalue weighted by Gasteiger charge is 2.32. The van der Waals surface area contributed by atoms with Crippen molar-refractivity contribution >= 4 is 28.8 Å². The molecule has 3 aliphatic heterocycles. The summed E-state index contributed by atoms with van der Waals surface area (Å²) in [4.78, 5) is 34.7. The molecule has 0 bridgehead atoms.